The summed E-state index contributed by atoms with van der Waals surface area (Å²) in [5.74, 6) is -4.14. The van der Waals surface area contributed by atoms with Crippen molar-refractivity contribution >= 4 is 11.9 Å². The summed E-state index contributed by atoms with van der Waals surface area (Å²) >= 11 is 0. The maximum absolute atomic E-state index is 11.0. The van der Waals surface area contributed by atoms with Crippen LogP contribution in [-0.4, -0.2) is 32.6 Å². The van der Waals surface area contributed by atoms with Gasteiger partial charge in [-0.3, -0.25) is 14.9 Å². The summed E-state index contributed by atoms with van der Waals surface area (Å²) in [5.41, 5.74) is -2.18. The standard InChI is InChI=1S/C10H11NO6/c1-5-7(9(14)15)6(8(12)13)3-4-10(5,2)11(16)17/h3-4,6H,1-2H3,(H,12,13)(H,14,15). The van der Waals surface area contributed by atoms with Gasteiger partial charge in [-0.25, -0.2) is 4.79 Å². The molecular weight excluding hydrogens is 230 g/mol. The lowest BCUT2D eigenvalue weighted by Crippen LogP contribution is -2.40. The molecule has 0 saturated heterocycles. The first-order valence-electron chi connectivity index (χ1n) is 4.73. The normalized spacial score (nSPS) is 28.0. The molecule has 0 bridgehead atoms. The van der Waals surface area contributed by atoms with E-state index < -0.39 is 33.9 Å². The molecule has 1 rings (SSSR count). The van der Waals surface area contributed by atoms with Gasteiger partial charge in [0, 0.05) is 17.4 Å². The molecule has 2 unspecified atom stereocenters. The van der Waals surface area contributed by atoms with Crippen molar-refractivity contribution in [1.29, 1.82) is 0 Å². The number of hydrogen-bond acceptors (Lipinski definition) is 4. The van der Waals surface area contributed by atoms with Crippen molar-refractivity contribution in [1.82, 2.24) is 0 Å². The van der Waals surface area contributed by atoms with Gasteiger partial charge in [0.1, 0.15) is 5.92 Å². The van der Waals surface area contributed by atoms with Crippen LogP contribution in [0, 0.1) is 16.0 Å². The van der Waals surface area contributed by atoms with E-state index in [4.69, 9.17) is 10.2 Å². The van der Waals surface area contributed by atoms with Crippen LogP contribution in [0.5, 0.6) is 0 Å². The third kappa shape index (κ3) is 1.91. The van der Waals surface area contributed by atoms with E-state index >= 15 is 0 Å². The topological polar surface area (TPSA) is 118 Å². The lowest BCUT2D eigenvalue weighted by Gasteiger charge is -2.26. The first-order chi connectivity index (χ1) is 7.71. The van der Waals surface area contributed by atoms with Crippen molar-refractivity contribution in [2.24, 2.45) is 5.92 Å². The number of carboxylic acids is 2. The smallest absolute Gasteiger partial charge is 0.333 e. The van der Waals surface area contributed by atoms with Crippen LogP contribution in [0.15, 0.2) is 23.3 Å². The Labute approximate surface area is 96.2 Å². The molecule has 7 nitrogen and oxygen atoms in total. The SMILES string of the molecule is CC1=C(C(=O)O)C(C(=O)O)C=CC1(C)[N+](=O)[O-]. The number of nitro groups is 1. The van der Waals surface area contributed by atoms with E-state index in [1.54, 1.807) is 0 Å². The molecule has 92 valence electrons. The maximum atomic E-state index is 11.0. The summed E-state index contributed by atoms with van der Waals surface area (Å²) in [6.07, 6.45) is 2.16. The van der Waals surface area contributed by atoms with E-state index in [0.29, 0.717) is 0 Å². The minimum absolute atomic E-state index is 0.0649. The molecule has 7 heteroatoms. The Bertz CT molecular complexity index is 463. The predicted octanol–water partition coefficient (Wildman–Crippen LogP) is 0.694. The Kier molecular flexibility index (Phi) is 3.03. The summed E-state index contributed by atoms with van der Waals surface area (Å²) in [6.45, 7) is 2.51. The lowest BCUT2D eigenvalue weighted by atomic mass is 9.79. The summed E-state index contributed by atoms with van der Waals surface area (Å²) in [7, 11) is 0. The molecule has 17 heavy (non-hydrogen) atoms. The van der Waals surface area contributed by atoms with Crippen LogP contribution in [0.4, 0.5) is 0 Å². The maximum Gasteiger partial charge on any atom is 0.333 e. The molecule has 0 fully saturated rings. The zero-order valence-corrected chi connectivity index (χ0v) is 9.21. The molecule has 0 aromatic carbocycles. The largest absolute Gasteiger partial charge is 0.481 e. The Morgan fingerprint density at radius 3 is 2.35 bits per heavy atom. The second kappa shape index (κ2) is 4.00. The van der Waals surface area contributed by atoms with Gasteiger partial charge in [-0.05, 0) is 13.0 Å². The van der Waals surface area contributed by atoms with E-state index in [1.165, 1.54) is 13.8 Å². The highest BCUT2D eigenvalue weighted by atomic mass is 16.6. The summed E-state index contributed by atoms with van der Waals surface area (Å²) in [4.78, 5) is 32.2. The van der Waals surface area contributed by atoms with E-state index in [9.17, 15) is 19.7 Å². The Morgan fingerprint density at radius 1 is 1.47 bits per heavy atom. The summed E-state index contributed by atoms with van der Waals surface area (Å²) in [6, 6.07) is 0. The average molecular weight is 241 g/mol. The van der Waals surface area contributed by atoms with Crippen LogP contribution in [0.1, 0.15) is 13.8 Å². The third-order valence-electron chi connectivity index (χ3n) is 2.96. The highest BCUT2D eigenvalue weighted by Gasteiger charge is 2.45. The van der Waals surface area contributed by atoms with Crippen molar-refractivity contribution in [2.45, 2.75) is 19.4 Å². The average Bonchev–Trinajstić information content (AvgIpc) is 2.20. The third-order valence-corrected chi connectivity index (χ3v) is 2.96. The summed E-state index contributed by atoms with van der Waals surface area (Å²) in [5, 5.41) is 28.7. The zero-order valence-electron chi connectivity index (χ0n) is 9.21. The molecule has 0 aromatic rings. The van der Waals surface area contributed by atoms with Gasteiger partial charge in [0.05, 0.1) is 5.57 Å². The fraction of sp³-hybridized carbons (Fsp3) is 0.400. The van der Waals surface area contributed by atoms with Crippen LogP contribution in [-0.2, 0) is 9.59 Å². The van der Waals surface area contributed by atoms with Crippen molar-refractivity contribution in [3.8, 4) is 0 Å². The molecule has 2 atom stereocenters. The molecule has 0 amide bonds. The molecule has 0 heterocycles. The molecule has 2 N–H and O–H groups in total. The molecule has 0 aliphatic heterocycles. The molecule has 0 saturated carbocycles. The fourth-order valence-electron chi connectivity index (χ4n) is 1.71. The van der Waals surface area contributed by atoms with E-state index in [1.807, 2.05) is 0 Å². The number of rotatable bonds is 3. The first kappa shape index (κ1) is 12.9. The van der Waals surface area contributed by atoms with Gasteiger partial charge in [-0.1, -0.05) is 6.08 Å². The van der Waals surface area contributed by atoms with Crippen molar-refractivity contribution in [3.63, 3.8) is 0 Å². The molecule has 1 aliphatic carbocycles. The molecule has 0 radical (unpaired) electrons. The van der Waals surface area contributed by atoms with Crippen molar-refractivity contribution in [2.75, 3.05) is 0 Å². The van der Waals surface area contributed by atoms with Gasteiger partial charge < -0.3 is 10.2 Å². The summed E-state index contributed by atoms with van der Waals surface area (Å²) < 4.78 is 0. The molecular formula is C10H11NO6. The lowest BCUT2D eigenvalue weighted by molar-refractivity contribution is -0.539. The first-order valence-corrected chi connectivity index (χ1v) is 4.73. The minimum Gasteiger partial charge on any atom is -0.481 e. The van der Waals surface area contributed by atoms with Gasteiger partial charge in [0.2, 0.25) is 0 Å². The Hall–Kier alpha value is -2.18. The van der Waals surface area contributed by atoms with Crippen molar-refractivity contribution < 1.29 is 24.7 Å². The number of hydrogen-bond donors (Lipinski definition) is 2. The quantitative estimate of drug-likeness (QED) is 0.426. The van der Waals surface area contributed by atoms with Crippen LogP contribution >= 0.6 is 0 Å². The fourth-order valence-corrected chi connectivity index (χ4v) is 1.71. The van der Waals surface area contributed by atoms with Gasteiger partial charge >= 0.3 is 11.9 Å². The van der Waals surface area contributed by atoms with Gasteiger partial charge in [-0.2, -0.15) is 0 Å². The molecule has 0 spiro atoms. The van der Waals surface area contributed by atoms with Gasteiger partial charge in [0.25, 0.3) is 5.54 Å². The van der Waals surface area contributed by atoms with Crippen LogP contribution in [0.2, 0.25) is 0 Å². The monoisotopic (exact) mass is 241 g/mol. The Balaban J connectivity index is 3.43. The molecule has 0 aromatic heterocycles. The van der Waals surface area contributed by atoms with Crippen LogP contribution in [0.3, 0.4) is 0 Å². The van der Waals surface area contributed by atoms with E-state index in [-0.39, 0.29) is 5.57 Å². The van der Waals surface area contributed by atoms with Gasteiger partial charge in [-0.15, -0.1) is 0 Å². The van der Waals surface area contributed by atoms with E-state index in [2.05, 4.69) is 0 Å². The van der Waals surface area contributed by atoms with E-state index in [0.717, 1.165) is 12.2 Å². The number of carboxylic acid groups (broad SMARTS) is 2. The predicted molar refractivity (Wildman–Crippen MR) is 56.0 cm³/mol. The Morgan fingerprint density at radius 2 is 2.00 bits per heavy atom. The van der Waals surface area contributed by atoms with Gasteiger partial charge in [0.15, 0.2) is 0 Å². The highest BCUT2D eigenvalue weighted by molar-refractivity contribution is 5.96. The van der Waals surface area contributed by atoms with Crippen LogP contribution in [0.25, 0.3) is 0 Å². The number of nitrogens with zero attached hydrogens (tertiary/aromatic N) is 1. The number of carbonyl (C=O) groups is 2. The second-order valence-corrected chi connectivity index (χ2v) is 3.92. The zero-order chi connectivity index (χ0) is 13.4. The van der Waals surface area contributed by atoms with Crippen molar-refractivity contribution in [3.05, 3.63) is 33.4 Å². The molecule has 1 aliphatic rings. The number of aliphatic carboxylic acids is 2. The minimum atomic E-state index is -1.67. The second-order valence-electron chi connectivity index (χ2n) is 3.92. The van der Waals surface area contributed by atoms with Crippen LogP contribution < -0.4 is 0 Å². The highest BCUT2D eigenvalue weighted by Crippen LogP contribution is 2.34.